The molecule has 1 unspecified atom stereocenters. The number of benzene rings is 2. The maximum absolute atomic E-state index is 12.6. The third-order valence-electron chi connectivity index (χ3n) is 6.58. The van der Waals surface area contributed by atoms with E-state index in [9.17, 15) is 19.5 Å². The molecule has 3 amide bonds. The lowest BCUT2D eigenvalue weighted by Crippen LogP contribution is -2.59. The quantitative estimate of drug-likeness (QED) is 0.417. The second kappa shape index (κ2) is 12.7. The second-order valence-electron chi connectivity index (χ2n) is 8.82. The van der Waals surface area contributed by atoms with Crippen LogP contribution in [0.4, 0.5) is 10.5 Å². The number of hydrogen-bond donors (Lipinski definition) is 3. The fraction of sp³-hybridized carbons (Fsp3) is 0.423. The highest BCUT2D eigenvalue weighted by molar-refractivity contribution is 6.31. The van der Waals surface area contributed by atoms with E-state index in [0.717, 1.165) is 17.5 Å². The number of ether oxygens (including phenoxy) is 1. The zero-order chi connectivity index (χ0) is 26.1. The number of aliphatic hydroxyl groups is 2. The third kappa shape index (κ3) is 6.75. The van der Waals surface area contributed by atoms with Gasteiger partial charge in [0.15, 0.2) is 6.10 Å². The lowest BCUT2D eigenvalue weighted by atomic mass is 9.86. The predicted molar refractivity (Wildman–Crippen MR) is 135 cm³/mol. The molecular formula is C26H32ClN3O6. The highest BCUT2D eigenvalue weighted by atomic mass is 35.5. The van der Waals surface area contributed by atoms with Crippen LogP contribution in [0.1, 0.15) is 30.9 Å². The van der Waals surface area contributed by atoms with Crippen molar-refractivity contribution in [1.29, 1.82) is 0 Å². The Bertz CT molecular complexity index is 1040. The van der Waals surface area contributed by atoms with Crippen LogP contribution in [0.5, 0.6) is 0 Å². The van der Waals surface area contributed by atoms with Crippen LogP contribution >= 0.6 is 11.6 Å². The van der Waals surface area contributed by atoms with Gasteiger partial charge in [0.25, 0.3) is 5.91 Å². The van der Waals surface area contributed by atoms with Gasteiger partial charge in [-0.15, -0.1) is 0 Å². The van der Waals surface area contributed by atoms with Crippen molar-refractivity contribution < 1.29 is 29.3 Å². The average molecular weight is 518 g/mol. The SMILES string of the molecule is CCc1ccc(NC(=O)OCC2(N(C=O)Cc3ccccc3Cl)CCN(C(=O)C(O)CO)CC2)cc1. The number of nitrogens with one attached hydrogen (secondary N) is 1. The molecule has 1 aliphatic rings. The molecular weight excluding hydrogens is 486 g/mol. The molecule has 0 saturated carbocycles. The topological polar surface area (TPSA) is 119 Å². The molecule has 1 saturated heterocycles. The Morgan fingerprint density at radius 3 is 2.44 bits per heavy atom. The molecule has 1 heterocycles. The maximum atomic E-state index is 12.6. The maximum Gasteiger partial charge on any atom is 0.411 e. The van der Waals surface area contributed by atoms with Gasteiger partial charge < -0.3 is 24.7 Å². The third-order valence-corrected chi connectivity index (χ3v) is 6.95. The minimum Gasteiger partial charge on any atom is -0.447 e. The number of halogens is 1. The zero-order valence-corrected chi connectivity index (χ0v) is 21.0. The van der Waals surface area contributed by atoms with E-state index in [0.29, 0.717) is 30.0 Å². The van der Waals surface area contributed by atoms with E-state index in [4.69, 9.17) is 21.4 Å². The Hall–Kier alpha value is -3.14. The normalized spacial score (nSPS) is 15.6. The lowest BCUT2D eigenvalue weighted by molar-refractivity contribution is -0.147. The number of anilines is 1. The minimum atomic E-state index is -1.50. The van der Waals surface area contributed by atoms with Crippen molar-refractivity contribution in [3.05, 3.63) is 64.7 Å². The molecule has 1 fully saturated rings. The number of nitrogens with zero attached hydrogens (tertiary/aromatic N) is 2. The number of carbonyl (C=O) groups is 3. The summed E-state index contributed by atoms with van der Waals surface area (Å²) in [5.74, 6) is -0.580. The van der Waals surface area contributed by atoms with Gasteiger partial charge in [-0.1, -0.05) is 48.9 Å². The minimum absolute atomic E-state index is 0.0976. The van der Waals surface area contributed by atoms with Crippen molar-refractivity contribution in [1.82, 2.24) is 9.80 Å². The molecule has 9 nitrogen and oxygen atoms in total. The van der Waals surface area contributed by atoms with E-state index in [1.54, 1.807) is 29.2 Å². The van der Waals surface area contributed by atoms with Crippen LogP contribution in [0, 0.1) is 0 Å². The van der Waals surface area contributed by atoms with Crippen molar-refractivity contribution >= 4 is 35.7 Å². The summed E-state index contributed by atoms with van der Waals surface area (Å²) in [4.78, 5) is 40.2. The van der Waals surface area contributed by atoms with Crippen molar-refractivity contribution in [2.45, 2.75) is 44.4 Å². The van der Waals surface area contributed by atoms with Gasteiger partial charge in [0, 0.05) is 30.3 Å². The number of aliphatic hydroxyl groups excluding tert-OH is 2. The molecule has 194 valence electrons. The zero-order valence-electron chi connectivity index (χ0n) is 20.2. The van der Waals surface area contributed by atoms with Crippen LogP contribution in [0.15, 0.2) is 48.5 Å². The monoisotopic (exact) mass is 517 g/mol. The van der Waals surface area contributed by atoms with Crippen molar-refractivity contribution in [2.24, 2.45) is 0 Å². The Kier molecular flexibility index (Phi) is 9.69. The van der Waals surface area contributed by atoms with Gasteiger partial charge in [-0.25, -0.2) is 4.79 Å². The Balaban J connectivity index is 1.75. The summed E-state index contributed by atoms with van der Waals surface area (Å²) >= 11 is 6.32. The number of likely N-dealkylation sites (tertiary alicyclic amines) is 1. The largest absolute Gasteiger partial charge is 0.447 e. The second-order valence-corrected chi connectivity index (χ2v) is 9.23. The Morgan fingerprint density at radius 2 is 1.86 bits per heavy atom. The van der Waals surface area contributed by atoms with Crippen LogP contribution in [0.2, 0.25) is 5.02 Å². The number of carbonyl (C=O) groups excluding carboxylic acids is 3. The van der Waals surface area contributed by atoms with E-state index >= 15 is 0 Å². The van der Waals surface area contributed by atoms with Gasteiger partial charge in [-0.3, -0.25) is 14.9 Å². The van der Waals surface area contributed by atoms with E-state index in [1.807, 2.05) is 31.2 Å². The van der Waals surface area contributed by atoms with Gasteiger partial charge in [-0.2, -0.15) is 0 Å². The molecule has 1 atom stereocenters. The predicted octanol–water partition coefficient (Wildman–Crippen LogP) is 2.82. The molecule has 3 rings (SSSR count). The first-order chi connectivity index (χ1) is 17.3. The van der Waals surface area contributed by atoms with Gasteiger partial charge in [-0.05, 0) is 48.6 Å². The Labute approximate surface area is 215 Å². The highest BCUT2D eigenvalue weighted by Gasteiger charge is 2.42. The van der Waals surface area contributed by atoms with Crippen LogP contribution < -0.4 is 5.32 Å². The standard InChI is InChI=1S/C26H32ClN3O6/c1-2-19-7-9-21(10-8-19)28-25(35)36-17-26(11-13-29(14-12-26)24(34)23(33)16-31)30(18-32)15-20-5-3-4-6-22(20)27/h3-10,18,23,31,33H,2,11-17H2,1H3,(H,28,35). The molecule has 1 aliphatic heterocycles. The van der Waals surface area contributed by atoms with E-state index in [-0.39, 0.29) is 26.2 Å². The molecule has 2 aromatic carbocycles. The Morgan fingerprint density at radius 1 is 1.19 bits per heavy atom. The van der Waals surface area contributed by atoms with Crippen molar-refractivity contribution in [3.63, 3.8) is 0 Å². The van der Waals surface area contributed by atoms with Crippen LogP contribution in [-0.4, -0.2) is 76.4 Å². The van der Waals surface area contributed by atoms with Crippen LogP contribution in [-0.2, 0) is 27.3 Å². The molecule has 0 spiro atoms. The number of rotatable bonds is 10. The molecule has 0 radical (unpaired) electrons. The lowest BCUT2D eigenvalue weighted by Gasteiger charge is -2.47. The molecule has 10 heteroatoms. The van der Waals surface area contributed by atoms with Gasteiger partial charge in [0.2, 0.25) is 6.41 Å². The molecule has 3 N–H and O–H groups in total. The summed E-state index contributed by atoms with van der Waals surface area (Å²) < 4.78 is 5.58. The fourth-order valence-corrected chi connectivity index (χ4v) is 4.45. The molecule has 0 bridgehead atoms. The van der Waals surface area contributed by atoms with E-state index in [2.05, 4.69) is 5.32 Å². The summed E-state index contributed by atoms with van der Waals surface area (Å²) in [5.41, 5.74) is 1.57. The summed E-state index contributed by atoms with van der Waals surface area (Å²) in [5, 5.41) is 22.1. The van der Waals surface area contributed by atoms with Crippen LogP contribution in [0.3, 0.4) is 0 Å². The van der Waals surface area contributed by atoms with Crippen molar-refractivity contribution in [3.8, 4) is 0 Å². The van der Waals surface area contributed by atoms with Crippen molar-refractivity contribution in [2.75, 3.05) is 31.6 Å². The van der Waals surface area contributed by atoms with Gasteiger partial charge in [0.05, 0.1) is 12.1 Å². The number of piperidine rings is 1. The smallest absolute Gasteiger partial charge is 0.411 e. The summed E-state index contributed by atoms with van der Waals surface area (Å²) in [7, 11) is 0. The average Bonchev–Trinajstić information content (AvgIpc) is 2.91. The number of hydrogen-bond acceptors (Lipinski definition) is 6. The summed E-state index contributed by atoms with van der Waals surface area (Å²) in [6.45, 7) is 1.90. The van der Waals surface area contributed by atoms with Crippen LogP contribution in [0.25, 0.3) is 0 Å². The van der Waals surface area contributed by atoms with Gasteiger partial charge >= 0.3 is 6.09 Å². The molecule has 0 aromatic heterocycles. The number of amides is 3. The van der Waals surface area contributed by atoms with E-state index in [1.165, 1.54) is 4.90 Å². The fourth-order valence-electron chi connectivity index (χ4n) is 4.25. The first-order valence-electron chi connectivity index (χ1n) is 11.9. The summed E-state index contributed by atoms with van der Waals surface area (Å²) in [6, 6.07) is 14.6. The summed E-state index contributed by atoms with van der Waals surface area (Å²) in [6.07, 6.45) is 0.0423. The van der Waals surface area contributed by atoms with E-state index < -0.39 is 30.3 Å². The first kappa shape index (κ1) is 27.4. The van der Waals surface area contributed by atoms with Gasteiger partial charge in [0.1, 0.15) is 6.61 Å². The highest BCUT2D eigenvalue weighted by Crippen LogP contribution is 2.32. The molecule has 2 aromatic rings. The number of aryl methyl sites for hydroxylation is 1. The molecule has 36 heavy (non-hydrogen) atoms. The molecule has 0 aliphatic carbocycles. The first-order valence-corrected chi connectivity index (χ1v) is 12.3.